The smallest absolute Gasteiger partial charge is 0.412 e. The van der Waals surface area contributed by atoms with Gasteiger partial charge in [0.05, 0.1) is 23.5 Å². The van der Waals surface area contributed by atoms with Crippen molar-refractivity contribution < 1.29 is 19.8 Å². The maximum atomic E-state index is 12.8. The summed E-state index contributed by atoms with van der Waals surface area (Å²) >= 11 is 3.48. The second kappa shape index (κ2) is 9.47. The summed E-state index contributed by atoms with van der Waals surface area (Å²) in [7, 11) is 0. The first-order valence-corrected chi connectivity index (χ1v) is 12.1. The van der Waals surface area contributed by atoms with Crippen LogP contribution in [0, 0.1) is 21.7 Å². The zero-order chi connectivity index (χ0) is 26.3. The average molecular weight is 528 g/mol. The van der Waals surface area contributed by atoms with Crippen LogP contribution in [0.15, 0.2) is 22.7 Å². The van der Waals surface area contributed by atoms with Gasteiger partial charge in [0.15, 0.2) is 0 Å². The lowest BCUT2D eigenvalue weighted by Gasteiger charge is -2.49. The fourth-order valence-corrected chi connectivity index (χ4v) is 6.09. The molecule has 0 aliphatic carbocycles. The van der Waals surface area contributed by atoms with Crippen molar-refractivity contribution in [2.75, 3.05) is 9.80 Å². The molecule has 0 saturated heterocycles. The van der Waals surface area contributed by atoms with Crippen molar-refractivity contribution in [2.45, 2.75) is 95.2 Å². The number of carbonyl (C=O) groups is 2. The summed E-state index contributed by atoms with van der Waals surface area (Å²) in [6.07, 6.45) is -2.22. The van der Waals surface area contributed by atoms with E-state index in [1.807, 2.05) is 83.1 Å². The minimum absolute atomic E-state index is 0.354. The molecule has 0 heterocycles. The van der Waals surface area contributed by atoms with E-state index in [0.717, 1.165) is 0 Å². The Morgan fingerprint density at radius 1 is 0.667 bits per heavy atom. The highest BCUT2D eigenvalue weighted by Gasteiger charge is 2.47. The van der Waals surface area contributed by atoms with Crippen LogP contribution in [0.3, 0.4) is 0 Å². The predicted octanol–water partition coefficient (Wildman–Crippen LogP) is 8.34. The largest absolute Gasteiger partial charge is 0.465 e. The van der Waals surface area contributed by atoms with E-state index in [9.17, 15) is 19.8 Å². The van der Waals surface area contributed by atoms with Crippen LogP contribution in [0.5, 0.6) is 0 Å². The van der Waals surface area contributed by atoms with Gasteiger partial charge in [0.1, 0.15) is 0 Å². The lowest BCUT2D eigenvalue weighted by molar-refractivity contribution is 0.144. The Morgan fingerprint density at radius 2 is 0.970 bits per heavy atom. The molecule has 1 aromatic rings. The minimum Gasteiger partial charge on any atom is -0.465 e. The molecule has 0 spiro atoms. The fourth-order valence-electron chi connectivity index (χ4n) is 5.75. The second-order valence-corrected chi connectivity index (χ2v) is 14.1. The highest BCUT2D eigenvalue weighted by atomic mass is 79.9. The number of nitrogens with zero attached hydrogens (tertiary/aromatic N) is 2. The van der Waals surface area contributed by atoms with Crippen LogP contribution in [0.4, 0.5) is 21.0 Å². The third kappa shape index (κ3) is 6.87. The number of hydrogen-bond donors (Lipinski definition) is 2. The van der Waals surface area contributed by atoms with Gasteiger partial charge in [0, 0.05) is 4.47 Å². The molecule has 2 N–H and O–H groups in total. The van der Waals surface area contributed by atoms with Crippen molar-refractivity contribution >= 4 is 39.5 Å². The molecule has 0 aromatic heterocycles. The van der Waals surface area contributed by atoms with E-state index in [1.165, 1.54) is 9.80 Å². The van der Waals surface area contributed by atoms with E-state index in [0.29, 0.717) is 15.8 Å². The second-order valence-electron chi connectivity index (χ2n) is 13.2. The minimum atomic E-state index is -1.11. The monoisotopic (exact) mass is 526 g/mol. The van der Waals surface area contributed by atoms with Crippen LogP contribution in [0.2, 0.25) is 0 Å². The Bertz CT molecular complexity index is 842. The van der Waals surface area contributed by atoms with Crippen LogP contribution in [-0.4, -0.2) is 34.5 Å². The van der Waals surface area contributed by atoms with E-state index < -0.39 is 45.9 Å². The van der Waals surface area contributed by atoms with Gasteiger partial charge in [-0.15, -0.1) is 0 Å². The number of amides is 2. The molecular weight excluding hydrogens is 484 g/mol. The topological polar surface area (TPSA) is 81.1 Å². The Morgan fingerprint density at radius 3 is 1.24 bits per heavy atom. The third-order valence-electron chi connectivity index (χ3n) is 5.67. The molecule has 188 valence electrons. The first kappa shape index (κ1) is 29.3. The summed E-state index contributed by atoms with van der Waals surface area (Å²) in [5.74, 6) is 0. The van der Waals surface area contributed by atoms with Gasteiger partial charge in [0.25, 0.3) is 0 Å². The molecule has 0 fully saturated rings. The standard InChI is InChI=1S/C26H43BrN2O4/c1-23(2,3)19(24(4,5)6)28(21(30)31)17-14-13-16(27)15-18(17)29(22(32)33)20(25(7,8)9)26(10,11)12/h13-15,19-20H,1-12H3,(H,30,31)(H,32,33). The summed E-state index contributed by atoms with van der Waals surface area (Å²) in [5, 5.41) is 20.9. The number of rotatable bonds is 4. The summed E-state index contributed by atoms with van der Waals surface area (Å²) in [6, 6.07) is 4.35. The van der Waals surface area contributed by atoms with E-state index in [-0.39, 0.29) is 0 Å². The Balaban J connectivity index is 4.08. The van der Waals surface area contributed by atoms with E-state index in [2.05, 4.69) is 15.9 Å². The Kier molecular flexibility index (Phi) is 8.40. The molecule has 0 bridgehead atoms. The SMILES string of the molecule is CC(C)(C)C(N(C(=O)O)c1ccc(Br)cc1N(C(=O)O)C(C(C)(C)C)C(C)(C)C)C(C)(C)C. The molecule has 1 aromatic carbocycles. The highest BCUT2D eigenvalue weighted by Crippen LogP contribution is 2.47. The highest BCUT2D eigenvalue weighted by molar-refractivity contribution is 9.10. The van der Waals surface area contributed by atoms with Crippen LogP contribution < -0.4 is 9.80 Å². The number of anilines is 2. The average Bonchev–Trinajstić information content (AvgIpc) is 2.52. The van der Waals surface area contributed by atoms with Gasteiger partial charge in [-0.05, 0) is 39.9 Å². The van der Waals surface area contributed by atoms with Gasteiger partial charge in [-0.2, -0.15) is 0 Å². The molecule has 0 unspecified atom stereocenters. The van der Waals surface area contributed by atoms with Crippen molar-refractivity contribution in [3.63, 3.8) is 0 Å². The molecular formula is C26H43BrN2O4. The summed E-state index contributed by atoms with van der Waals surface area (Å²) < 4.78 is 0.683. The van der Waals surface area contributed by atoms with Crippen molar-refractivity contribution in [1.29, 1.82) is 0 Å². The number of carboxylic acid groups (broad SMARTS) is 2. The van der Waals surface area contributed by atoms with Gasteiger partial charge in [-0.1, -0.05) is 99.0 Å². The molecule has 0 aliphatic heterocycles. The molecule has 6 nitrogen and oxygen atoms in total. The van der Waals surface area contributed by atoms with Gasteiger partial charge >= 0.3 is 12.2 Å². The van der Waals surface area contributed by atoms with E-state index >= 15 is 0 Å². The van der Waals surface area contributed by atoms with Gasteiger partial charge in [0.2, 0.25) is 0 Å². The molecule has 0 aliphatic rings. The van der Waals surface area contributed by atoms with Crippen molar-refractivity contribution in [1.82, 2.24) is 0 Å². The zero-order valence-electron chi connectivity index (χ0n) is 22.4. The Labute approximate surface area is 208 Å². The molecule has 7 heteroatoms. The van der Waals surface area contributed by atoms with Crippen LogP contribution in [0.1, 0.15) is 83.1 Å². The predicted molar refractivity (Wildman–Crippen MR) is 141 cm³/mol. The Hall–Kier alpha value is -1.76. The van der Waals surface area contributed by atoms with Crippen molar-refractivity contribution in [3.05, 3.63) is 22.7 Å². The first-order chi connectivity index (χ1) is 14.5. The van der Waals surface area contributed by atoms with Crippen molar-refractivity contribution in [2.24, 2.45) is 21.7 Å². The van der Waals surface area contributed by atoms with Gasteiger partial charge < -0.3 is 10.2 Å². The molecule has 2 amide bonds. The van der Waals surface area contributed by atoms with Crippen molar-refractivity contribution in [3.8, 4) is 0 Å². The summed E-state index contributed by atoms with van der Waals surface area (Å²) in [5.41, 5.74) is -0.894. The summed E-state index contributed by atoms with van der Waals surface area (Å²) in [6.45, 7) is 24.2. The lowest BCUT2D eigenvalue weighted by atomic mass is 9.70. The van der Waals surface area contributed by atoms with Crippen LogP contribution >= 0.6 is 15.9 Å². The van der Waals surface area contributed by atoms with Gasteiger partial charge in [-0.25, -0.2) is 9.59 Å². The summed E-state index contributed by atoms with van der Waals surface area (Å²) in [4.78, 5) is 28.3. The fraction of sp³-hybridized carbons (Fsp3) is 0.692. The molecule has 0 saturated carbocycles. The number of benzene rings is 1. The molecule has 0 radical (unpaired) electrons. The third-order valence-corrected chi connectivity index (χ3v) is 6.16. The normalized spacial score (nSPS) is 13.4. The van der Waals surface area contributed by atoms with Gasteiger partial charge in [-0.3, -0.25) is 9.80 Å². The van der Waals surface area contributed by atoms with E-state index in [4.69, 9.17) is 0 Å². The molecule has 0 atom stereocenters. The number of hydrogen-bond acceptors (Lipinski definition) is 2. The van der Waals surface area contributed by atoms with Crippen LogP contribution in [-0.2, 0) is 0 Å². The maximum Gasteiger partial charge on any atom is 0.412 e. The molecule has 1 rings (SSSR count). The van der Waals surface area contributed by atoms with Crippen LogP contribution in [0.25, 0.3) is 0 Å². The van der Waals surface area contributed by atoms with E-state index in [1.54, 1.807) is 18.2 Å². The maximum absolute atomic E-state index is 12.8. The quantitative estimate of drug-likeness (QED) is 0.412. The zero-order valence-corrected chi connectivity index (χ0v) is 24.0. The molecule has 33 heavy (non-hydrogen) atoms. The first-order valence-electron chi connectivity index (χ1n) is 11.3. The lowest BCUT2D eigenvalue weighted by Crippen LogP contribution is -2.57. The number of halogens is 1.